The Hall–Kier alpha value is -3.18. The molecule has 12 heteroatoms. The molecule has 0 fully saturated rings. The van der Waals surface area contributed by atoms with E-state index in [0.29, 0.717) is 0 Å². The molecule has 2 N–H and O–H groups in total. The maximum absolute atomic E-state index is 11.0. The van der Waals surface area contributed by atoms with Crippen molar-refractivity contribution >= 4 is 22.7 Å². The van der Waals surface area contributed by atoms with Crippen molar-refractivity contribution in [2.24, 2.45) is 0 Å². The fraction of sp³-hybridized carbons (Fsp3) is 0.250. The topological polar surface area (TPSA) is 174 Å². The summed E-state index contributed by atoms with van der Waals surface area (Å²) in [4.78, 5) is 29.5. The van der Waals surface area contributed by atoms with E-state index < -0.39 is 49.0 Å². The van der Waals surface area contributed by atoms with Crippen LogP contribution in [-0.2, 0) is 0 Å². The number of methoxy groups -OCH3 is 2. The van der Waals surface area contributed by atoms with Gasteiger partial charge in [-0.3, -0.25) is 30.3 Å². The Morgan fingerprint density at radius 3 is 1.30 bits per heavy atom. The molecule has 1 rings (SSSR count). The van der Waals surface area contributed by atoms with Crippen molar-refractivity contribution in [2.75, 3.05) is 20.0 Å². The number of hydrogen-bond acceptors (Lipinski definition) is 9. The van der Waals surface area contributed by atoms with E-state index in [9.17, 15) is 30.3 Å². The quantitative estimate of drug-likeness (QED) is 0.470. The number of nitrogens with zero attached hydrogens (tertiary/aromatic N) is 3. The van der Waals surface area contributed by atoms with Crippen molar-refractivity contribution in [3.63, 3.8) is 0 Å². The fourth-order valence-corrected chi connectivity index (χ4v) is 1.60. The van der Waals surface area contributed by atoms with E-state index in [0.717, 1.165) is 14.2 Å². The molecule has 0 unspecified atom stereocenters. The lowest BCUT2D eigenvalue weighted by Gasteiger charge is -2.09. The Kier molecular flexibility index (Phi) is 3.88. The molecule has 0 aliphatic heterocycles. The van der Waals surface area contributed by atoms with Gasteiger partial charge in [0, 0.05) is 0 Å². The average molecular weight is 288 g/mol. The summed E-state index contributed by atoms with van der Waals surface area (Å²) < 4.78 is 9.18. The van der Waals surface area contributed by atoms with Gasteiger partial charge in [-0.15, -0.1) is 0 Å². The SMILES string of the molecule is COc1c([N+](=O)[O-])c(N)c([N+](=O)[O-])c(OC)c1[N+](=O)[O-]. The smallest absolute Gasteiger partial charge is 0.367 e. The fourth-order valence-electron chi connectivity index (χ4n) is 1.60. The molecule has 108 valence electrons. The van der Waals surface area contributed by atoms with Gasteiger partial charge in [-0.05, 0) is 0 Å². The largest absolute Gasteiger partial charge is 0.485 e. The Morgan fingerprint density at radius 2 is 1.10 bits per heavy atom. The summed E-state index contributed by atoms with van der Waals surface area (Å²) in [5.41, 5.74) is 1.29. The monoisotopic (exact) mass is 288 g/mol. The Labute approximate surface area is 110 Å². The third-order valence-corrected chi connectivity index (χ3v) is 2.33. The lowest BCUT2D eigenvalue weighted by atomic mass is 10.1. The van der Waals surface area contributed by atoms with Crippen LogP contribution in [-0.4, -0.2) is 29.0 Å². The number of anilines is 1. The maximum Gasteiger partial charge on any atom is 0.367 e. The highest BCUT2D eigenvalue weighted by Gasteiger charge is 2.43. The van der Waals surface area contributed by atoms with Gasteiger partial charge in [-0.2, -0.15) is 0 Å². The third kappa shape index (κ3) is 2.09. The van der Waals surface area contributed by atoms with Gasteiger partial charge >= 0.3 is 17.1 Å². The van der Waals surface area contributed by atoms with E-state index in [4.69, 9.17) is 5.73 Å². The first-order valence-corrected chi connectivity index (χ1v) is 4.78. The van der Waals surface area contributed by atoms with Crippen LogP contribution in [0.3, 0.4) is 0 Å². The van der Waals surface area contributed by atoms with Gasteiger partial charge in [0.15, 0.2) is 5.69 Å². The van der Waals surface area contributed by atoms with Crippen LogP contribution in [0.2, 0.25) is 0 Å². The van der Waals surface area contributed by atoms with Gasteiger partial charge < -0.3 is 15.2 Å². The minimum atomic E-state index is -1.10. The molecule has 0 bridgehead atoms. The molecule has 0 saturated carbocycles. The molecule has 1 aromatic rings. The molecule has 0 saturated heterocycles. The normalized spacial score (nSPS) is 9.90. The number of nitro benzene ring substituents is 3. The number of ether oxygens (including phenoxy) is 2. The molecule has 0 aliphatic carbocycles. The number of nitro groups is 3. The van der Waals surface area contributed by atoms with E-state index in [1.165, 1.54) is 0 Å². The molecule has 12 nitrogen and oxygen atoms in total. The zero-order valence-electron chi connectivity index (χ0n) is 10.2. The van der Waals surface area contributed by atoms with E-state index in [1.54, 1.807) is 0 Å². The van der Waals surface area contributed by atoms with Crippen LogP contribution < -0.4 is 15.2 Å². The second-order valence-electron chi connectivity index (χ2n) is 3.30. The zero-order chi connectivity index (χ0) is 15.6. The van der Waals surface area contributed by atoms with Crippen molar-refractivity contribution in [2.45, 2.75) is 0 Å². The summed E-state index contributed by atoms with van der Waals surface area (Å²) in [6.07, 6.45) is 0. The van der Waals surface area contributed by atoms with E-state index in [1.807, 2.05) is 0 Å². The predicted molar refractivity (Wildman–Crippen MR) is 63.9 cm³/mol. The van der Waals surface area contributed by atoms with E-state index in [2.05, 4.69) is 9.47 Å². The first-order chi connectivity index (χ1) is 9.27. The van der Waals surface area contributed by atoms with Crippen LogP contribution in [0.25, 0.3) is 0 Å². The number of hydrogen-bond donors (Lipinski definition) is 1. The van der Waals surface area contributed by atoms with Gasteiger partial charge in [0.1, 0.15) is 0 Å². The lowest BCUT2D eigenvalue weighted by Crippen LogP contribution is -2.08. The molecule has 0 aliphatic rings. The number of nitrogen functional groups attached to an aromatic ring is 1. The second-order valence-corrected chi connectivity index (χ2v) is 3.30. The van der Waals surface area contributed by atoms with Crippen molar-refractivity contribution in [3.05, 3.63) is 30.3 Å². The second kappa shape index (κ2) is 5.21. The minimum Gasteiger partial charge on any atom is -0.485 e. The number of benzene rings is 1. The van der Waals surface area contributed by atoms with Crippen LogP contribution >= 0.6 is 0 Å². The standard InChI is InChI=1S/C8H8N4O8/c1-19-7-4(10(13)14)3(9)5(11(15)16)8(20-2)6(7)12(17)18/h9H2,1-2H3. The first-order valence-electron chi connectivity index (χ1n) is 4.78. The third-order valence-electron chi connectivity index (χ3n) is 2.33. The van der Waals surface area contributed by atoms with Gasteiger partial charge in [0.05, 0.1) is 29.0 Å². The summed E-state index contributed by atoms with van der Waals surface area (Å²) in [5, 5.41) is 32.8. The van der Waals surface area contributed by atoms with Gasteiger partial charge in [-0.1, -0.05) is 0 Å². The Bertz CT molecular complexity index is 570. The van der Waals surface area contributed by atoms with Gasteiger partial charge in [-0.25, -0.2) is 0 Å². The molecule has 0 heterocycles. The molecule has 0 atom stereocenters. The van der Waals surface area contributed by atoms with Crippen LogP contribution in [0.1, 0.15) is 0 Å². The van der Waals surface area contributed by atoms with E-state index in [-0.39, 0.29) is 0 Å². The van der Waals surface area contributed by atoms with Crippen molar-refractivity contribution < 1.29 is 24.2 Å². The Balaban J connectivity index is 4.05. The van der Waals surface area contributed by atoms with Crippen molar-refractivity contribution in [3.8, 4) is 11.5 Å². The van der Waals surface area contributed by atoms with Crippen LogP contribution in [0.5, 0.6) is 11.5 Å². The number of nitrogens with two attached hydrogens (primary N) is 1. The highest BCUT2D eigenvalue weighted by Crippen LogP contribution is 2.53. The molecule has 0 aromatic heterocycles. The molecule has 1 aromatic carbocycles. The van der Waals surface area contributed by atoms with Crippen molar-refractivity contribution in [1.29, 1.82) is 0 Å². The number of rotatable bonds is 5. The highest BCUT2D eigenvalue weighted by molar-refractivity contribution is 5.88. The molecule has 0 spiro atoms. The van der Waals surface area contributed by atoms with Crippen LogP contribution in [0, 0.1) is 30.3 Å². The minimum absolute atomic E-state index is 0.819. The lowest BCUT2D eigenvalue weighted by molar-refractivity contribution is -0.404. The maximum atomic E-state index is 11.0. The molecule has 20 heavy (non-hydrogen) atoms. The van der Waals surface area contributed by atoms with Crippen LogP contribution in [0.15, 0.2) is 0 Å². The highest BCUT2D eigenvalue weighted by atomic mass is 16.6. The summed E-state index contributed by atoms with van der Waals surface area (Å²) >= 11 is 0. The van der Waals surface area contributed by atoms with Crippen molar-refractivity contribution in [1.82, 2.24) is 0 Å². The molecule has 0 radical (unpaired) electrons. The van der Waals surface area contributed by atoms with E-state index >= 15 is 0 Å². The van der Waals surface area contributed by atoms with Gasteiger partial charge in [0.2, 0.25) is 0 Å². The zero-order valence-corrected chi connectivity index (χ0v) is 10.2. The molecular weight excluding hydrogens is 280 g/mol. The molecule has 0 amide bonds. The summed E-state index contributed by atoms with van der Waals surface area (Å²) in [6.45, 7) is 0. The average Bonchev–Trinajstić information content (AvgIpc) is 2.35. The summed E-state index contributed by atoms with van der Waals surface area (Å²) in [6, 6.07) is 0. The van der Waals surface area contributed by atoms with Crippen LogP contribution in [0.4, 0.5) is 22.7 Å². The first kappa shape index (κ1) is 14.9. The summed E-state index contributed by atoms with van der Waals surface area (Å²) in [5.74, 6) is -1.64. The van der Waals surface area contributed by atoms with Gasteiger partial charge in [0.25, 0.3) is 11.5 Å². The summed E-state index contributed by atoms with van der Waals surface area (Å²) in [7, 11) is 1.86. The predicted octanol–water partition coefficient (Wildman–Crippen LogP) is 1.01. The Morgan fingerprint density at radius 1 is 0.800 bits per heavy atom. The molecular formula is C8H8N4O8.